The highest BCUT2D eigenvalue weighted by Crippen LogP contribution is 2.47. The van der Waals surface area contributed by atoms with Gasteiger partial charge in [0.05, 0.1) is 28.1 Å². The van der Waals surface area contributed by atoms with Crippen molar-refractivity contribution < 1.29 is 13.5 Å². The van der Waals surface area contributed by atoms with Gasteiger partial charge in [-0.1, -0.05) is 82.3 Å². The minimum Gasteiger partial charge on any atom is -0.457 e. The van der Waals surface area contributed by atoms with E-state index in [9.17, 15) is 4.39 Å². The van der Waals surface area contributed by atoms with Crippen molar-refractivity contribution in [2.75, 3.05) is 16.5 Å². The topological polar surface area (TPSA) is 33.5 Å². The van der Waals surface area contributed by atoms with E-state index in [-0.39, 0.29) is 0 Å². The summed E-state index contributed by atoms with van der Waals surface area (Å²) in [5.74, 6) is 1.65. The summed E-state index contributed by atoms with van der Waals surface area (Å²) in [6.45, 7) is 9.21. The average molecular weight is 727 g/mol. The van der Waals surface area contributed by atoms with Gasteiger partial charge < -0.3 is 14.5 Å². The first-order valence-corrected chi connectivity index (χ1v) is 18.7. The van der Waals surface area contributed by atoms with E-state index < -0.39 is 11.6 Å². The van der Waals surface area contributed by atoms with Crippen molar-refractivity contribution in [3.8, 4) is 28.4 Å². The lowest BCUT2D eigenvalue weighted by molar-refractivity contribution is 0.483. The van der Waals surface area contributed by atoms with Gasteiger partial charge in [0.25, 0.3) is 0 Å². The third kappa shape index (κ3) is 6.25. The van der Waals surface area contributed by atoms with Gasteiger partial charge in [-0.25, -0.2) is 13.8 Å². The van der Waals surface area contributed by atoms with Gasteiger partial charge in [-0.3, -0.25) is 4.57 Å². The maximum atomic E-state index is 15.3. The molecule has 0 spiro atoms. The number of benzene rings is 6. The zero-order chi connectivity index (χ0) is 37.8. The fourth-order valence-electron chi connectivity index (χ4n) is 7.70. The van der Waals surface area contributed by atoms with Crippen molar-refractivity contribution in [1.29, 1.82) is 0 Å². The summed E-state index contributed by atoms with van der Waals surface area (Å²) >= 11 is 0. The fraction of sp³-hybridized carbons (Fsp3) is 0.146. The number of aromatic nitrogens is 2. The van der Waals surface area contributed by atoms with Gasteiger partial charge in [-0.05, 0) is 101 Å². The standard InChI is InChI=1S/C48H40F2N4O/c1-30(2)32-21-33(31(3)4)23-34(22-32)35-24-37(52-29-53(46-14-8-7-13-45(46)52)44-19-16-36(49)26-42(44)50)27-39(25-35)55-38-17-18-41-40-11-5-6-12-43(40)54(47(41)28-38)48-15-9-10-20-51-48/h5-28,30-31H,29H2,1-4H3. The van der Waals surface area contributed by atoms with E-state index in [0.717, 1.165) is 61.9 Å². The largest absolute Gasteiger partial charge is 0.457 e. The number of hydrogen-bond acceptors (Lipinski definition) is 4. The number of halogens is 2. The van der Waals surface area contributed by atoms with Gasteiger partial charge in [0.1, 0.15) is 35.6 Å². The van der Waals surface area contributed by atoms with E-state index in [4.69, 9.17) is 9.72 Å². The molecule has 8 aromatic rings. The van der Waals surface area contributed by atoms with Crippen LogP contribution in [0.4, 0.5) is 31.5 Å². The predicted octanol–water partition coefficient (Wildman–Crippen LogP) is 13.4. The first-order chi connectivity index (χ1) is 26.7. The van der Waals surface area contributed by atoms with Crippen molar-refractivity contribution in [2.45, 2.75) is 39.5 Å². The lowest BCUT2D eigenvalue weighted by atomic mass is 9.90. The third-order valence-electron chi connectivity index (χ3n) is 10.6. The highest BCUT2D eigenvalue weighted by atomic mass is 19.1. The molecular weight excluding hydrogens is 687 g/mol. The number of hydrogen-bond donors (Lipinski definition) is 0. The lowest BCUT2D eigenvalue weighted by Gasteiger charge is -2.24. The van der Waals surface area contributed by atoms with Crippen molar-refractivity contribution in [2.24, 2.45) is 0 Å². The second-order valence-electron chi connectivity index (χ2n) is 14.8. The van der Waals surface area contributed by atoms with Gasteiger partial charge in [-0.2, -0.15) is 0 Å². The number of anilines is 4. The Morgan fingerprint density at radius 2 is 1.25 bits per heavy atom. The molecule has 0 saturated heterocycles. The number of fused-ring (bicyclic) bond motifs is 4. The van der Waals surface area contributed by atoms with Crippen LogP contribution in [-0.4, -0.2) is 16.2 Å². The maximum Gasteiger partial charge on any atom is 0.149 e. The minimum absolute atomic E-state index is 0.312. The Morgan fingerprint density at radius 1 is 0.564 bits per heavy atom. The van der Waals surface area contributed by atoms with E-state index in [1.54, 1.807) is 0 Å². The number of pyridine rings is 1. The summed E-state index contributed by atoms with van der Waals surface area (Å²) in [5.41, 5.74) is 9.64. The zero-order valence-corrected chi connectivity index (χ0v) is 31.2. The monoisotopic (exact) mass is 726 g/mol. The van der Waals surface area contributed by atoms with Gasteiger partial charge in [0.15, 0.2) is 0 Å². The predicted molar refractivity (Wildman–Crippen MR) is 221 cm³/mol. The van der Waals surface area contributed by atoms with Gasteiger partial charge in [-0.15, -0.1) is 0 Å². The number of nitrogens with zero attached hydrogens (tertiary/aromatic N) is 4. The molecule has 0 aliphatic carbocycles. The molecule has 6 aromatic carbocycles. The van der Waals surface area contributed by atoms with Crippen LogP contribution in [0.1, 0.15) is 50.7 Å². The molecule has 9 rings (SSSR count). The molecule has 1 aliphatic heterocycles. The Hall–Kier alpha value is -6.47. The highest BCUT2D eigenvalue weighted by Gasteiger charge is 2.30. The molecule has 2 aromatic heterocycles. The van der Waals surface area contributed by atoms with Crippen LogP contribution >= 0.6 is 0 Å². The van der Waals surface area contributed by atoms with Crippen LogP contribution in [0.3, 0.4) is 0 Å². The molecule has 3 heterocycles. The molecule has 272 valence electrons. The summed E-state index contributed by atoms with van der Waals surface area (Å²) in [6.07, 6.45) is 1.81. The van der Waals surface area contributed by atoms with Gasteiger partial charge >= 0.3 is 0 Å². The Bertz CT molecular complexity index is 2690. The van der Waals surface area contributed by atoms with Crippen LogP contribution in [0.15, 0.2) is 146 Å². The normalized spacial score (nSPS) is 12.7. The molecule has 0 amide bonds. The summed E-state index contributed by atoms with van der Waals surface area (Å²) in [5, 5.41) is 2.25. The lowest BCUT2D eigenvalue weighted by Crippen LogP contribution is -2.24. The average Bonchev–Trinajstić information content (AvgIpc) is 3.74. The molecule has 0 unspecified atom stereocenters. The van der Waals surface area contributed by atoms with Crippen LogP contribution < -0.4 is 14.5 Å². The molecule has 0 saturated carbocycles. The minimum atomic E-state index is -0.611. The molecule has 55 heavy (non-hydrogen) atoms. The number of para-hydroxylation sites is 3. The summed E-state index contributed by atoms with van der Waals surface area (Å²) in [6, 6.07) is 45.3. The molecule has 7 heteroatoms. The van der Waals surface area contributed by atoms with Crippen LogP contribution in [0.2, 0.25) is 0 Å². The number of ether oxygens (including phenoxy) is 1. The highest BCUT2D eigenvalue weighted by molar-refractivity contribution is 6.09. The summed E-state index contributed by atoms with van der Waals surface area (Å²) in [4.78, 5) is 8.75. The van der Waals surface area contributed by atoms with Gasteiger partial charge in [0.2, 0.25) is 0 Å². The molecule has 0 fully saturated rings. The molecule has 0 bridgehead atoms. The zero-order valence-electron chi connectivity index (χ0n) is 31.2. The van der Waals surface area contributed by atoms with E-state index in [1.165, 1.54) is 23.3 Å². The first-order valence-electron chi connectivity index (χ1n) is 18.7. The van der Waals surface area contributed by atoms with Crippen molar-refractivity contribution in [1.82, 2.24) is 9.55 Å². The Morgan fingerprint density at radius 3 is 1.98 bits per heavy atom. The van der Waals surface area contributed by atoms with Crippen LogP contribution in [0, 0.1) is 11.6 Å². The Kier molecular flexibility index (Phi) is 8.57. The third-order valence-corrected chi connectivity index (χ3v) is 10.6. The second kappa shape index (κ2) is 13.7. The van der Waals surface area contributed by atoms with Crippen molar-refractivity contribution in [3.63, 3.8) is 0 Å². The van der Waals surface area contributed by atoms with Crippen molar-refractivity contribution in [3.05, 3.63) is 168 Å². The Balaban J connectivity index is 1.20. The van der Waals surface area contributed by atoms with Crippen LogP contribution in [-0.2, 0) is 0 Å². The van der Waals surface area contributed by atoms with Gasteiger partial charge in [0, 0.05) is 40.9 Å². The maximum absolute atomic E-state index is 15.3. The SMILES string of the molecule is CC(C)c1cc(-c2cc(Oc3ccc4c5ccccc5n(-c5ccccn5)c4c3)cc(N3CN(c4ccc(F)cc4F)c4ccccc43)c2)cc(C(C)C)c1. The van der Waals surface area contributed by atoms with Crippen molar-refractivity contribution >= 4 is 44.6 Å². The second-order valence-corrected chi connectivity index (χ2v) is 14.8. The summed E-state index contributed by atoms with van der Waals surface area (Å²) < 4.78 is 38.4. The smallest absolute Gasteiger partial charge is 0.149 e. The Labute approximate surface area is 319 Å². The summed E-state index contributed by atoms with van der Waals surface area (Å²) in [7, 11) is 0. The fourth-order valence-corrected chi connectivity index (χ4v) is 7.70. The molecular formula is C48H40F2N4O. The number of rotatable bonds is 8. The van der Waals surface area contributed by atoms with E-state index >= 15 is 4.39 Å². The molecule has 1 aliphatic rings. The molecule has 5 nitrogen and oxygen atoms in total. The quantitative estimate of drug-likeness (QED) is 0.156. The van der Waals surface area contributed by atoms with E-state index in [0.29, 0.717) is 35.7 Å². The van der Waals surface area contributed by atoms with E-state index in [1.807, 2.05) is 71.8 Å². The molecule has 0 atom stereocenters. The van der Waals surface area contributed by atoms with Crippen LogP contribution in [0.25, 0.3) is 38.8 Å². The van der Waals surface area contributed by atoms with Crippen LogP contribution in [0.5, 0.6) is 11.5 Å². The molecule has 0 N–H and O–H groups in total. The molecule has 0 radical (unpaired) electrons. The van der Waals surface area contributed by atoms with E-state index in [2.05, 4.69) is 97.8 Å². The first kappa shape index (κ1) is 34.3.